The highest BCUT2D eigenvalue weighted by molar-refractivity contribution is 7.09. The Hall–Kier alpha value is -0.870. The van der Waals surface area contributed by atoms with Crippen molar-refractivity contribution >= 4 is 17.2 Å². The van der Waals surface area contributed by atoms with E-state index in [1.807, 2.05) is 11.0 Å². The fraction of sp³-hybridized carbons (Fsp3) is 0.667. The first kappa shape index (κ1) is 16.2. The maximum atomic E-state index is 12.3. The Bertz CT molecular complexity index is 379. The fourth-order valence-electron chi connectivity index (χ4n) is 1.82. The number of hydrogen-bond donors (Lipinski definition) is 1. The number of hydrogen-bond acceptors (Lipinski definition) is 3. The van der Waals surface area contributed by atoms with Crippen LogP contribution in [0.2, 0.25) is 0 Å². The molecule has 19 heavy (non-hydrogen) atoms. The highest BCUT2D eigenvalue weighted by Gasteiger charge is 2.18. The lowest BCUT2D eigenvalue weighted by Crippen LogP contribution is -2.41. The number of amides is 1. The van der Waals surface area contributed by atoms with Crippen molar-refractivity contribution in [3.05, 3.63) is 22.4 Å². The monoisotopic (exact) mass is 282 g/mol. The SMILES string of the molecule is CC(C)N(Cc1cccs1)C(=O)CCNC(C)(C)C. The van der Waals surface area contributed by atoms with Gasteiger partial charge < -0.3 is 10.2 Å². The van der Waals surface area contributed by atoms with Gasteiger partial charge in [-0.15, -0.1) is 11.3 Å². The van der Waals surface area contributed by atoms with Crippen LogP contribution in [-0.2, 0) is 11.3 Å². The summed E-state index contributed by atoms with van der Waals surface area (Å²) in [5.74, 6) is 0.222. The summed E-state index contributed by atoms with van der Waals surface area (Å²) in [5, 5.41) is 5.42. The van der Waals surface area contributed by atoms with Crippen LogP contribution in [0.1, 0.15) is 45.9 Å². The summed E-state index contributed by atoms with van der Waals surface area (Å²) >= 11 is 1.70. The number of nitrogens with one attached hydrogen (secondary N) is 1. The molecule has 0 saturated heterocycles. The molecule has 0 aliphatic heterocycles. The Labute approximate surface area is 121 Å². The standard InChI is InChI=1S/C15H26N2OS/c1-12(2)17(11-13-7-6-10-19-13)14(18)8-9-16-15(3,4)5/h6-7,10,12,16H,8-9,11H2,1-5H3. The highest BCUT2D eigenvalue weighted by Crippen LogP contribution is 2.14. The second-order valence-corrected chi connectivity index (χ2v) is 7.15. The maximum Gasteiger partial charge on any atom is 0.224 e. The quantitative estimate of drug-likeness (QED) is 0.868. The number of carbonyl (C=O) groups excluding carboxylic acids is 1. The minimum absolute atomic E-state index is 0.0662. The van der Waals surface area contributed by atoms with Gasteiger partial charge >= 0.3 is 0 Å². The van der Waals surface area contributed by atoms with Gasteiger partial charge in [-0.3, -0.25) is 4.79 Å². The average molecular weight is 282 g/mol. The van der Waals surface area contributed by atoms with Crippen LogP contribution in [0.5, 0.6) is 0 Å². The van der Waals surface area contributed by atoms with E-state index in [2.05, 4.69) is 51.4 Å². The van der Waals surface area contributed by atoms with Gasteiger partial charge in [0, 0.05) is 29.4 Å². The molecule has 1 heterocycles. The Kier molecular flexibility index (Phi) is 6.01. The summed E-state index contributed by atoms with van der Waals surface area (Å²) < 4.78 is 0. The molecule has 0 saturated carbocycles. The molecule has 0 aromatic carbocycles. The molecule has 1 N–H and O–H groups in total. The van der Waals surface area contributed by atoms with E-state index in [4.69, 9.17) is 0 Å². The predicted octanol–water partition coefficient (Wildman–Crippen LogP) is 3.26. The summed E-state index contributed by atoms with van der Waals surface area (Å²) in [4.78, 5) is 15.5. The fourth-order valence-corrected chi connectivity index (χ4v) is 2.52. The second-order valence-electron chi connectivity index (χ2n) is 6.12. The normalized spacial score (nSPS) is 11.9. The molecule has 0 radical (unpaired) electrons. The summed E-state index contributed by atoms with van der Waals surface area (Å²) in [6, 6.07) is 4.36. The molecule has 1 aromatic rings. The summed E-state index contributed by atoms with van der Waals surface area (Å²) in [6.45, 7) is 11.9. The molecule has 0 spiro atoms. The lowest BCUT2D eigenvalue weighted by Gasteiger charge is -2.27. The first-order valence-corrected chi connectivity index (χ1v) is 7.74. The lowest BCUT2D eigenvalue weighted by molar-refractivity contribution is -0.133. The van der Waals surface area contributed by atoms with Crippen molar-refractivity contribution in [3.63, 3.8) is 0 Å². The van der Waals surface area contributed by atoms with Gasteiger partial charge in [0.2, 0.25) is 5.91 Å². The molecule has 1 aromatic heterocycles. The Balaban J connectivity index is 2.49. The van der Waals surface area contributed by atoms with Crippen LogP contribution < -0.4 is 5.32 Å². The number of rotatable bonds is 6. The van der Waals surface area contributed by atoms with Gasteiger partial charge in [-0.1, -0.05) is 6.07 Å². The van der Waals surface area contributed by atoms with Gasteiger partial charge in [-0.05, 0) is 46.1 Å². The molecule has 1 rings (SSSR count). The van der Waals surface area contributed by atoms with Crippen LogP contribution >= 0.6 is 11.3 Å². The average Bonchev–Trinajstić information content (AvgIpc) is 2.76. The zero-order chi connectivity index (χ0) is 14.5. The zero-order valence-electron chi connectivity index (χ0n) is 12.7. The minimum Gasteiger partial charge on any atom is -0.335 e. The van der Waals surface area contributed by atoms with Crippen LogP contribution in [0.25, 0.3) is 0 Å². The van der Waals surface area contributed by atoms with Crippen molar-refractivity contribution in [1.29, 1.82) is 0 Å². The first-order valence-electron chi connectivity index (χ1n) is 6.86. The van der Waals surface area contributed by atoms with Crippen LogP contribution in [0.15, 0.2) is 17.5 Å². The summed E-state index contributed by atoms with van der Waals surface area (Å²) in [6.07, 6.45) is 0.556. The Morgan fingerprint density at radius 1 is 1.42 bits per heavy atom. The third-order valence-electron chi connectivity index (χ3n) is 2.84. The van der Waals surface area contributed by atoms with E-state index < -0.39 is 0 Å². The van der Waals surface area contributed by atoms with E-state index in [9.17, 15) is 4.79 Å². The van der Waals surface area contributed by atoms with Gasteiger partial charge in [0.15, 0.2) is 0 Å². The molecule has 0 atom stereocenters. The highest BCUT2D eigenvalue weighted by atomic mass is 32.1. The smallest absolute Gasteiger partial charge is 0.224 e. The number of thiophene rings is 1. The second kappa shape index (κ2) is 7.06. The van der Waals surface area contributed by atoms with Crippen LogP contribution in [-0.4, -0.2) is 28.9 Å². The van der Waals surface area contributed by atoms with Crippen molar-refractivity contribution in [2.24, 2.45) is 0 Å². The molecule has 0 unspecified atom stereocenters. The van der Waals surface area contributed by atoms with Gasteiger partial charge in [0.1, 0.15) is 0 Å². The van der Waals surface area contributed by atoms with Crippen molar-refractivity contribution in [1.82, 2.24) is 10.2 Å². The molecule has 0 bridgehead atoms. The Morgan fingerprint density at radius 3 is 2.58 bits per heavy atom. The first-order chi connectivity index (χ1) is 8.79. The molecular formula is C15H26N2OS. The topological polar surface area (TPSA) is 32.3 Å². The number of nitrogens with zero attached hydrogens (tertiary/aromatic N) is 1. The third-order valence-corrected chi connectivity index (χ3v) is 3.71. The molecule has 0 aliphatic rings. The van der Waals surface area contributed by atoms with Gasteiger partial charge in [0.05, 0.1) is 6.54 Å². The van der Waals surface area contributed by atoms with Gasteiger partial charge in [-0.25, -0.2) is 0 Å². The molecule has 3 nitrogen and oxygen atoms in total. The third kappa shape index (κ3) is 6.21. The van der Waals surface area contributed by atoms with Crippen molar-refractivity contribution in [2.45, 2.75) is 59.2 Å². The molecule has 108 valence electrons. The van der Waals surface area contributed by atoms with E-state index in [-0.39, 0.29) is 17.5 Å². The van der Waals surface area contributed by atoms with Crippen molar-refractivity contribution in [2.75, 3.05) is 6.54 Å². The van der Waals surface area contributed by atoms with E-state index in [1.165, 1.54) is 4.88 Å². The number of carbonyl (C=O) groups is 1. The van der Waals surface area contributed by atoms with E-state index in [0.717, 1.165) is 13.1 Å². The van der Waals surface area contributed by atoms with Crippen LogP contribution in [0, 0.1) is 0 Å². The predicted molar refractivity (Wildman–Crippen MR) is 82.4 cm³/mol. The summed E-state index contributed by atoms with van der Waals surface area (Å²) in [7, 11) is 0. The lowest BCUT2D eigenvalue weighted by atomic mass is 10.1. The zero-order valence-corrected chi connectivity index (χ0v) is 13.5. The molecule has 0 fully saturated rings. The summed E-state index contributed by atoms with van der Waals surface area (Å²) in [5.41, 5.74) is 0.0662. The largest absolute Gasteiger partial charge is 0.335 e. The molecule has 0 aliphatic carbocycles. The molecular weight excluding hydrogens is 256 g/mol. The Morgan fingerprint density at radius 2 is 2.11 bits per heavy atom. The minimum atomic E-state index is 0.0662. The van der Waals surface area contributed by atoms with Crippen molar-refractivity contribution < 1.29 is 4.79 Å². The molecule has 1 amide bonds. The van der Waals surface area contributed by atoms with E-state index in [1.54, 1.807) is 11.3 Å². The molecule has 4 heteroatoms. The van der Waals surface area contributed by atoms with Gasteiger partial charge in [-0.2, -0.15) is 0 Å². The van der Waals surface area contributed by atoms with Crippen molar-refractivity contribution in [3.8, 4) is 0 Å². The van der Waals surface area contributed by atoms with Gasteiger partial charge in [0.25, 0.3) is 0 Å². The van der Waals surface area contributed by atoms with Crippen LogP contribution in [0.3, 0.4) is 0 Å². The van der Waals surface area contributed by atoms with Crippen LogP contribution in [0.4, 0.5) is 0 Å². The van der Waals surface area contributed by atoms with E-state index in [0.29, 0.717) is 6.42 Å². The maximum absolute atomic E-state index is 12.3. The van der Waals surface area contributed by atoms with E-state index >= 15 is 0 Å².